The summed E-state index contributed by atoms with van der Waals surface area (Å²) >= 11 is 1.65. The van der Waals surface area contributed by atoms with Crippen LogP contribution in [0.4, 0.5) is 5.00 Å². The number of hydrogen-bond donors (Lipinski definition) is 1. The Bertz CT molecular complexity index is 446. The second-order valence-corrected chi connectivity index (χ2v) is 4.51. The number of thiophene rings is 1. The van der Waals surface area contributed by atoms with Crippen LogP contribution in [0.1, 0.15) is 10.4 Å². The van der Waals surface area contributed by atoms with Crippen molar-refractivity contribution >= 4 is 16.3 Å². The molecule has 0 aliphatic carbocycles. The molecule has 0 bridgehead atoms. The second kappa shape index (κ2) is 3.42. The van der Waals surface area contributed by atoms with Crippen LogP contribution in [0.2, 0.25) is 0 Å². The molecule has 2 rings (SSSR count). The minimum Gasteiger partial charge on any atom is -0.390 e. The fourth-order valence-corrected chi connectivity index (χ4v) is 2.49. The third-order valence-electron chi connectivity index (χ3n) is 2.38. The van der Waals surface area contributed by atoms with E-state index in [1.165, 1.54) is 10.4 Å². The number of rotatable bonds is 1. The van der Waals surface area contributed by atoms with E-state index in [0.29, 0.717) is 0 Å². The van der Waals surface area contributed by atoms with Crippen molar-refractivity contribution in [3.63, 3.8) is 0 Å². The predicted molar refractivity (Wildman–Crippen MR) is 61.4 cm³/mol. The Balaban J connectivity index is 2.62. The van der Waals surface area contributed by atoms with E-state index in [-0.39, 0.29) is 0 Å². The van der Waals surface area contributed by atoms with Crippen molar-refractivity contribution in [1.82, 2.24) is 4.98 Å². The Hall–Kier alpha value is -1.35. The van der Waals surface area contributed by atoms with Gasteiger partial charge in [-0.15, -0.1) is 11.3 Å². The first-order chi connectivity index (χ1) is 6.70. The van der Waals surface area contributed by atoms with Gasteiger partial charge in [0, 0.05) is 22.8 Å². The number of aromatic nitrogens is 1. The summed E-state index contributed by atoms with van der Waals surface area (Å²) in [7, 11) is 0. The van der Waals surface area contributed by atoms with E-state index in [1.807, 2.05) is 12.1 Å². The highest BCUT2D eigenvalue weighted by molar-refractivity contribution is 7.16. The maximum atomic E-state index is 5.97. The van der Waals surface area contributed by atoms with E-state index < -0.39 is 0 Å². The normalized spacial score (nSPS) is 10.4. The fraction of sp³-hybridized carbons (Fsp3) is 0.182. The number of hydrogen-bond acceptors (Lipinski definition) is 3. The SMILES string of the molecule is Cc1sc(N)c(-c2ccncc2)c1C. The van der Waals surface area contributed by atoms with Crippen LogP contribution in [0.25, 0.3) is 11.1 Å². The van der Waals surface area contributed by atoms with Gasteiger partial charge in [-0.1, -0.05) is 0 Å². The highest BCUT2D eigenvalue weighted by Crippen LogP contribution is 2.37. The molecule has 0 unspecified atom stereocenters. The molecule has 0 radical (unpaired) electrons. The Morgan fingerprint density at radius 3 is 2.36 bits per heavy atom. The van der Waals surface area contributed by atoms with Gasteiger partial charge in [0.25, 0.3) is 0 Å². The van der Waals surface area contributed by atoms with Crippen LogP contribution in [-0.2, 0) is 0 Å². The van der Waals surface area contributed by atoms with Crippen molar-refractivity contribution in [2.24, 2.45) is 0 Å². The molecular formula is C11H12N2S. The summed E-state index contributed by atoms with van der Waals surface area (Å²) in [5.74, 6) is 0. The smallest absolute Gasteiger partial charge is 0.0941 e. The van der Waals surface area contributed by atoms with Gasteiger partial charge in [-0.3, -0.25) is 4.98 Å². The summed E-state index contributed by atoms with van der Waals surface area (Å²) in [5, 5.41) is 0.895. The lowest BCUT2D eigenvalue weighted by Gasteiger charge is -2.01. The number of anilines is 1. The van der Waals surface area contributed by atoms with Crippen molar-refractivity contribution in [1.29, 1.82) is 0 Å². The first kappa shape index (κ1) is 9.21. The Kier molecular flexibility index (Phi) is 2.25. The Morgan fingerprint density at radius 2 is 1.86 bits per heavy atom. The number of nitrogens with two attached hydrogens (primary N) is 1. The lowest BCUT2D eigenvalue weighted by molar-refractivity contribution is 1.32. The first-order valence-electron chi connectivity index (χ1n) is 4.46. The quantitative estimate of drug-likeness (QED) is 0.775. The molecule has 2 heterocycles. The molecule has 0 aromatic carbocycles. The summed E-state index contributed by atoms with van der Waals surface area (Å²) in [6, 6.07) is 3.98. The summed E-state index contributed by atoms with van der Waals surface area (Å²) in [4.78, 5) is 5.29. The van der Waals surface area contributed by atoms with Crippen LogP contribution in [-0.4, -0.2) is 4.98 Å². The minimum absolute atomic E-state index is 0.895. The molecule has 0 aliphatic heterocycles. The van der Waals surface area contributed by atoms with E-state index >= 15 is 0 Å². The highest BCUT2D eigenvalue weighted by Gasteiger charge is 2.11. The zero-order valence-corrected chi connectivity index (χ0v) is 9.06. The Labute approximate surface area is 87.4 Å². The standard InChI is InChI=1S/C11H12N2S/c1-7-8(2)14-11(12)10(7)9-3-5-13-6-4-9/h3-6H,12H2,1-2H3. The van der Waals surface area contributed by atoms with Gasteiger partial charge >= 0.3 is 0 Å². The zero-order valence-electron chi connectivity index (χ0n) is 8.24. The average Bonchev–Trinajstić information content (AvgIpc) is 2.43. The molecule has 2 N–H and O–H groups in total. The van der Waals surface area contributed by atoms with Crippen molar-refractivity contribution < 1.29 is 0 Å². The molecule has 0 aliphatic rings. The van der Waals surface area contributed by atoms with Crippen LogP contribution in [0.5, 0.6) is 0 Å². The molecule has 0 saturated heterocycles. The second-order valence-electron chi connectivity index (χ2n) is 3.26. The van der Waals surface area contributed by atoms with Crippen molar-refractivity contribution in [3.05, 3.63) is 35.0 Å². The average molecular weight is 204 g/mol. The summed E-state index contributed by atoms with van der Waals surface area (Å²) < 4.78 is 0. The van der Waals surface area contributed by atoms with Crippen LogP contribution >= 0.6 is 11.3 Å². The zero-order chi connectivity index (χ0) is 10.1. The topological polar surface area (TPSA) is 38.9 Å². The van der Waals surface area contributed by atoms with Gasteiger partial charge in [0.05, 0.1) is 5.00 Å². The molecule has 0 saturated carbocycles. The first-order valence-corrected chi connectivity index (χ1v) is 5.27. The molecule has 14 heavy (non-hydrogen) atoms. The van der Waals surface area contributed by atoms with Gasteiger partial charge in [0.15, 0.2) is 0 Å². The van der Waals surface area contributed by atoms with Gasteiger partial charge in [0.2, 0.25) is 0 Å². The largest absolute Gasteiger partial charge is 0.390 e. The lowest BCUT2D eigenvalue weighted by Crippen LogP contribution is -1.86. The molecule has 2 nitrogen and oxygen atoms in total. The van der Waals surface area contributed by atoms with Gasteiger partial charge < -0.3 is 5.73 Å². The highest BCUT2D eigenvalue weighted by atomic mass is 32.1. The predicted octanol–water partition coefficient (Wildman–Crippen LogP) is 3.01. The van der Waals surface area contributed by atoms with Crippen LogP contribution in [0.3, 0.4) is 0 Å². The van der Waals surface area contributed by atoms with Crippen molar-refractivity contribution in [2.75, 3.05) is 5.73 Å². The van der Waals surface area contributed by atoms with Gasteiger partial charge in [0.1, 0.15) is 0 Å². The van der Waals surface area contributed by atoms with Crippen LogP contribution in [0.15, 0.2) is 24.5 Å². The van der Waals surface area contributed by atoms with E-state index in [1.54, 1.807) is 23.7 Å². The van der Waals surface area contributed by atoms with E-state index in [4.69, 9.17) is 5.73 Å². The molecule has 0 amide bonds. The summed E-state index contributed by atoms with van der Waals surface area (Å²) in [5.41, 5.74) is 9.56. The molecule has 2 aromatic heterocycles. The fourth-order valence-electron chi connectivity index (χ4n) is 1.53. The maximum Gasteiger partial charge on any atom is 0.0941 e. The van der Waals surface area contributed by atoms with E-state index in [2.05, 4.69) is 18.8 Å². The van der Waals surface area contributed by atoms with Crippen LogP contribution < -0.4 is 5.73 Å². The van der Waals surface area contributed by atoms with E-state index in [9.17, 15) is 0 Å². The number of pyridine rings is 1. The summed E-state index contributed by atoms with van der Waals surface area (Å²) in [6.45, 7) is 4.21. The molecule has 3 heteroatoms. The maximum absolute atomic E-state index is 5.97. The molecule has 0 fully saturated rings. The van der Waals surface area contributed by atoms with Crippen molar-refractivity contribution in [3.8, 4) is 11.1 Å². The molecule has 72 valence electrons. The van der Waals surface area contributed by atoms with E-state index in [0.717, 1.165) is 16.1 Å². The number of aryl methyl sites for hydroxylation is 1. The summed E-state index contributed by atoms with van der Waals surface area (Å²) in [6.07, 6.45) is 3.59. The van der Waals surface area contributed by atoms with Gasteiger partial charge in [-0.2, -0.15) is 0 Å². The van der Waals surface area contributed by atoms with Crippen molar-refractivity contribution in [2.45, 2.75) is 13.8 Å². The molecular weight excluding hydrogens is 192 g/mol. The van der Waals surface area contributed by atoms with Crippen LogP contribution in [0, 0.1) is 13.8 Å². The molecule has 2 aromatic rings. The lowest BCUT2D eigenvalue weighted by atomic mass is 10.0. The number of nitrogens with zero attached hydrogens (tertiary/aromatic N) is 1. The third kappa shape index (κ3) is 1.40. The Morgan fingerprint density at radius 1 is 1.21 bits per heavy atom. The third-order valence-corrected chi connectivity index (χ3v) is 3.42. The number of nitrogen functional groups attached to an aromatic ring is 1. The monoisotopic (exact) mass is 204 g/mol. The van der Waals surface area contributed by atoms with Gasteiger partial charge in [-0.05, 0) is 37.1 Å². The molecule has 0 atom stereocenters. The minimum atomic E-state index is 0.895. The van der Waals surface area contributed by atoms with Gasteiger partial charge in [-0.25, -0.2) is 0 Å². The molecule has 0 spiro atoms.